The van der Waals surface area contributed by atoms with Gasteiger partial charge in [0.05, 0.1) is 17.7 Å². The summed E-state index contributed by atoms with van der Waals surface area (Å²) in [5.41, 5.74) is -0.176. The van der Waals surface area contributed by atoms with E-state index in [-0.39, 0.29) is 24.3 Å². The standard InChI is InChI=1S/C14H18O6/c15-8-4-3-5-10(9-16)20-14(19)12-7-2-1-6-11(12)13(17)18/h1-2,6-7,10,15-16H,3-5,8-9H2,(H,17,18). The Kier molecular flexibility index (Phi) is 6.69. The van der Waals surface area contributed by atoms with E-state index in [1.807, 2.05) is 0 Å². The molecule has 0 spiro atoms. The van der Waals surface area contributed by atoms with E-state index < -0.39 is 18.0 Å². The van der Waals surface area contributed by atoms with Crippen molar-refractivity contribution in [3.63, 3.8) is 0 Å². The number of carbonyl (C=O) groups is 2. The number of unbranched alkanes of at least 4 members (excludes halogenated alkanes) is 1. The van der Waals surface area contributed by atoms with E-state index >= 15 is 0 Å². The Morgan fingerprint density at radius 3 is 2.30 bits per heavy atom. The van der Waals surface area contributed by atoms with E-state index in [4.69, 9.17) is 20.1 Å². The normalized spacial score (nSPS) is 11.9. The first kappa shape index (κ1) is 16.1. The number of aliphatic hydroxyl groups is 2. The van der Waals surface area contributed by atoms with Crippen LogP contribution in [0.25, 0.3) is 0 Å². The highest BCUT2D eigenvalue weighted by molar-refractivity contribution is 6.02. The number of rotatable bonds is 8. The van der Waals surface area contributed by atoms with Gasteiger partial charge < -0.3 is 20.1 Å². The quantitative estimate of drug-likeness (QED) is 0.486. The Hall–Kier alpha value is -1.92. The third-order valence-electron chi connectivity index (χ3n) is 2.79. The molecule has 0 saturated carbocycles. The summed E-state index contributed by atoms with van der Waals surface area (Å²) in [6, 6.07) is 5.75. The van der Waals surface area contributed by atoms with E-state index in [0.717, 1.165) is 0 Å². The molecule has 0 radical (unpaired) electrons. The molecule has 0 bridgehead atoms. The number of carboxylic acid groups (broad SMARTS) is 1. The summed E-state index contributed by atoms with van der Waals surface area (Å²) < 4.78 is 5.09. The molecule has 1 unspecified atom stereocenters. The van der Waals surface area contributed by atoms with Gasteiger partial charge in [0.2, 0.25) is 0 Å². The predicted molar refractivity (Wildman–Crippen MR) is 70.6 cm³/mol. The monoisotopic (exact) mass is 282 g/mol. The van der Waals surface area contributed by atoms with Crippen LogP contribution in [0.2, 0.25) is 0 Å². The van der Waals surface area contributed by atoms with Crippen molar-refractivity contribution < 1.29 is 29.6 Å². The van der Waals surface area contributed by atoms with Crippen LogP contribution in [0.3, 0.4) is 0 Å². The van der Waals surface area contributed by atoms with Crippen LogP contribution in [0.1, 0.15) is 40.0 Å². The van der Waals surface area contributed by atoms with Gasteiger partial charge in [0, 0.05) is 6.61 Å². The van der Waals surface area contributed by atoms with E-state index in [1.54, 1.807) is 6.07 Å². The molecular weight excluding hydrogens is 264 g/mol. The molecule has 0 amide bonds. The van der Waals surface area contributed by atoms with Crippen molar-refractivity contribution in [2.75, 3.05) is 13.2 Å². The fraction of sp³-hybridized carbons (Fsp3) is 0.429. The first-order chi connectivity index (χ1) is 9.60. The second-order valence-corrected chi connectivity index (χ2v) is 4.28. The maximum absolute atomic E-state index is 11.9. The molecule has 0 aliphatic rings. The smallest absolute Gasteiger partial charge is 0.339 e. The van der Waals surface area contributed by atoms with Crippen LogP contribution in [-0.2, 0) is 4.74 Å². The lowest BCUT2D eigenvalue weighted by molar-refractivity contribution is 0.0102. The number of ether oxygens (including phenoxy) is 1. The minimum atomic E-state index is -1.21. The number of esters is 1. The Labute approximate surface area is 116 Å². The molecular formula is C14H18O6. The largest absolute Gasteiger partial charge is 0.478 e. The van der Waals surface area contributed by atoms with Crippen molar-refractivity contribution in [2.45, 2.75) is 25.4 Å². The highest BCUT2D eigenvalue weighted by atomic mass is 16.6. The summed E-state index contributed by atoms with van der Waals surface area (Å²) in [4.78, 5) is 22.9. The number of hydrogen-bond acceptors (Lipinski definition) is 5. The van der Waals surface area contributed by atoms with Crippen molar-refractivity contribution in [2.24, 2.45) is 0 Å². The molecule has 0 fully saturated rings. The first-order valence-electron chi connectivity index (χ1n) is 6.35. The molecule has 1 aromatic rings. The molecule has 0 aliphatic heterocycles. The van der Waals surface area contributed by atoms with Gasteiger partial charge in [0.25, 0.3) is 0 Å². The van der Waals surface area contributed by atoms with Gasteiger partial charge in [-0.1, -0.05) is 12.1 Å². The van der Waals surface area contributed by atoms with E-state index in [9.17, 15) is 9.59 Å². The number of aliphatic hydroxyl groups excluding tert-OH is 2. The minimum Gasteiger partial charge on any atom is -0.478 e. The van der Waals surface area contributed by atoms with Gasteiger partial charge in [0.1, 0.15) is 6.10 Å². The number of carboxylic acids is 1. The first-order valence-corrected chi connectivity index (χ1v) is 6.35. The van der Waals surface area contributed by atoms with Gasteiger partial charge in [-0.05, 0) is 31.4 Å². The lowest BCUT2D eigenvalue weighted by Crippen LogP contribution is -2.23. The maximum atomic E-state index is 11.9. The second-order valence-electron chi connectivity index (χ2n) is 4.28. The van der Waals surface area contributed by atoms with Gasteiger partial charge in [-0.25, -0.2) is 9.59 Å². The molecule has 1 aromatic carbocycles. The second kappa shape index (κ2) is 8.29. The molecule has 20 heavy (non-hydrogen) atoms. The summed E-state index contributed by atoms with van der Waals surface area (Å²) >= 11 is 0. The summed E-state index contributed by atoms with van der Waals surface area (Å²) in [5, 5.41) is 26.8. The zero-order chi connectivity index (χ0) is 15.0. The lowest BCUT2D eigenvalue weighted by atomic mass is 10.1. The molecule has 1 rings (SSSR count). The number of benzene rings is 1. The van der Waals surface area contributed by atoms with Gasteiger partial charge in [-0.2, -0.15) is 0 Å². The van der Waals surface area contributed by atoms with Gasteiger partial charge in [-0.15, -0.1) is 0 Å². The molecule has 0 saturated heterocycles. The SMILES string of the molecule is O=C(O)c1ccccc1C(=O)OC(CO)CCCCO. The van der Waals surface area contributed by atoms with Crippen molar-refractivity contribution in [1.29, 1.82) is 0 Å². The summed E-state index contributed by atoms with van der Waals surface area (Å²) in [6.45, 7) is -0.305. The van der Waals surface area contributed by atoms with E-state index in [2.05, 4.69) is 0 Å². The Bertz CT molecular complexity index is 457. The highest BCUT2D eigenvalue weighted by Crippen LogP contribution is 2.13. The van der Waals surface area contributed by atoms with Crippen molar-refractivity contribution >= 4 is 11.9 Å². The molecule has 110 valence electrons. The van der Waals surface area contributed by atoms with Crippen LogP contribution in [0.15, 0.2) is 24.3 Å². The number of carbonyl (C=O) groups excluding carboxylic acids is 1. The van der Waals surface area contributed by atoms with Crippen LogP contribution in [0.5, 0.6) is 0 Å². The molecule has 0 heterocycles. The fourth-order valence-electron chi connectivity index (χ4n) is 1.73. The molecule has 3 N–H and O–H groups in total. The molecule has 1 atom stereocenters. The van der Waals surface area contributed by atoms with E-state index in [0.29, 0.717) is 19.3 Å². The Morgan fingerprint density at radius 1 is 1.10 bits per heavy atom. The van der Waals surface area contributed by atoms with Crippen LogP contribution >= 0.6 is 0 Å². The Balaban J connectivity index is 2.72. The van der Waals surface area contributed by atoms with Crippen LogP contribution in [-0.4, -0.2) is 46.6 Å². The third kappa shape index (κ3) is 4.64. The molecule has 0 aliphatic carbocycles. The third-order valence-corrected chi connectivity index (χ3v) is 2.79. The van der Waals surface area contributed by atoms with Crippen LogP contribution in [0.4, 0.5) is 0 Å². The average Bonchev–Trinajstić information content (AvgIpc) is 2.46. The van der Waals surface area contributed by atoms with Crippen LogP contribution < -0.4 is 0 Å². The lowest BCUT2D eigenvalue weighted by Gasteiger charge is -2.16. The summed E-state index contributed by atoms with van der Waals surface area (Å²) in [5.74, 6) is -1.98. The molecule has 6 heteroatoms. The predicted octanol–water partition coefficient (Wildman–Crippen LogP) is 1.07. The molecule has 0 aromatic heterocycles. The van der Waals surface area contributed by atoms with Crippen molar-refractivity contribution in [3.05, 3.63) is 35.4 Å². The van der Waals surface area contributed by atoms with Gasteiger partial charge >= 0.3 is 11.9 Å². The summed E-state index contributed by atoms with van der Waals surface area (Å²) in [6.07, 6.45) is 0.879. The summed E-state index contributed by atoms with van der Waals surface area (Å²) in [7, 11) is 0. The van der Waals surface area contributed by atoms with E-state index in [1.165, 1.54) is 18.2 Å². The highest BCUT2D eigenvalue weighted by Gasteiger charge is 2.20. The minimum absolute atomic E-state index is 0.0357. The average molecular weight is 282 g/mol. The van der Waals surface area contributed by atoms with Crippen molar-refractivity contribution in [3.8, 4) is 0 Å². The topological polar surface area (TPSA) is 104 Å². The zero-order valence-electron chi connectivity index (χ0n) is 11.0. The zero-order valence-corrected chi connectivity index (χ0v) is 11.0. The number of hydrogen-bond donors (Lipinski definition) is 3. The number of aromatic carboxylic acids is 1. The van der Waals surface area contributed by atoms with Crippen molar-refractivity contribution in [1.82, 2.24) is 0 Å². The van der Waals surface area contributed by atoms with Gasteiger partial charge in [-0.3, -0.25) is 0 Å². The molecule has 6 nitrogen and oxygen atoms in total. The maximum Gasteiger partial charge on any atom is 0.339 e. The van der Waals surface area contributed by atoms with Gasteiger partial charge in [0.15, 0.2) is 0 Å². The van der Waals surface area contributed by atoms with Crippen LogP contribution in [0, 0.1) is 0 Å². The fourth-order valence-corrected chi connectivity index (χ4v) is 1.73. The Morgan fingerprint density at radius 2 is 1.75 bits per heavy atom.